The zero-order valence-corrected chi connectivity index (χ0v) is 16.3. The number of benzene rings is 1. The highest BCUT2D eigenvalue weighted by Crippen LogP contribution is 2.13. The third-order valence-corrected chi connectivity index (χ3v) is 5.26. The molecule has 5 nitrogen and oxygen atoms in total. The predicted octanol–water partition coefficient (Wildman–Crippen LogP) is 3.60. The van der Waals surface area contributed by atoms with Crippen molar-refractivity contribution in [2.45, 2.75) is 25.5 Å². The minimum atomic E-state index is -0.0693. The predicted molar refractivity (Wildman–Crippen MR) is 112 cm³/mol. The highest BCUT2D eigenvalue weighted by atomic mass is 32.2. The Labute approximate surface area is 163 Å². The molecule has 0 saturated carbocycles. The Kier molecular flexibility index (Phi) is 7.04. The second-order valence-electron chi connectivity index (χ2n) is 6.32. The molecule has 2 N–H and O–H groups in total. The molecular formula is C21H24N4OS. The van der Waals surface area contributed by atoms with Crippen molar-refractivity contribution in [2.75, 3.05) is 17.6 Å². The first-order valence-electron chi connectivity index (χ1n) is 9.06. The van der Waals surface area contributed by atoms with Crippen molar-refractivity contribution in [2.24, 2.45) is 0 Å². The van der Waals surface area contributed by atoms with Crippen molar-refractivity contribution in [1.82, 2.24) is 15.0 Å². The number of nitrogens with zero attached hydrogens (tertiary/aromatic N) is 2. The van der Waals surface area contributed by atoms with Gasteiger partial charge in [-0.2, -0.15) is 11.8 Å². The minimum Gasteiger partial charge on any atom is -0.355 e. The Morgan fingerprint density at radius 1 is 1.07 bits per heavy atom. The molecule has 0 atom stereocenters. The molecule has 1 aromatic carbocycles. The first kappa shape index (κ1) is 19.2. The highest BCUT2D eigenvalue weighted by molar-refractivity contribution is 7.98. The highest BCUT2D eigenvalue weighted by Gasteiger charge is 2.04. The number of aryl methyl sites for hydroxylation is 3. The van der Waals surface area contributed by atoms with E-state index in [1.54, 1.807) is 6.20 Å². The van der Waals surface area contributed by atoms with Crippen molar-refractivity contribution >= 4 is 17.7 Å². The zero-order chi connectivity index (χ0) is 18.9. The molecule has 0 spiro atoms. The number of nitrogens with one attached hydrogen (secondary N) is 2. The first-order valence-corrected chi connectivity index (χ1v) is 10.2. The molecule has 0 amide bonds. The molecule has 0 saturated heterocycles. The van der Waals surface area contributed by atoms with Gasteiger partial charge in [-0.05, 0) is 37.0 Å². The third kappa shape index (κ3) is 5.96. The van der Waals surface area contributed by atoms with E-state index in [9.17, 15) is 4.79 Å². The lowest BCUT2D eigenvalue weighted by Gasteiger charge is -2.07. The summed E-state index contributed by atoms with van der Waals surface area (Å²) in [5, 5.41) is 3.18. The van der Waals surface area contributed by atoms with Crippen molar-refractivity contribution in [3.05, 3.63) is 87.6 Å². The maximum Gasteiger partial charge on any atom is 0.255 e. The summed E-state index contributed by atoms with van der Waals surface area (Å²) in [6.45, 7) is 2.82. The number of rotatable bonds is 9. The number of aromatic nitrogens is 3. The van der Waals surface area contributed by atoms with Crippen LogP contribution in [0.2, 0.25) is 0 Å². The lowest BCUT2D eigenvalue weighted by Crippen LogP contribution is -2.18. The Morgan fingerprint density at radius 2 is 1.93 bits per heavy atom. The standard InChI is InChI=1S/C21H24N4OS/c1-16-6-5-11-22-19(16)15-27-13-12-23-21-24-14-18(20(26)25-21)10-9-17-7-3-2-4-8-17/h2-8,11,14H,9-10,12-13,15H2,1H3,(H2,23,24,25,26). The van der Waals surface area contributed by atoms with Crippen LogP contribution in [0.25, 0.3) is 0 Å². The molecule has 3 aromatic rings. The third-order valence-electron chi connectivity index (χ3n) is 4.29. The van der Waals surface area contributed by atoms with Crippen molar-refractivity contribution < 1.29 is 0 Å². The summed E-state index contributed by atoms with van der Waals surface area (Å²) >= 11 is 1.81. The van der Waals surface area contributed by atoms with Gasteiger partial charge in [0.2, 0.25) is 5.95 Å². The Bertz CT molecular complexity index is 911. The van der Waals surface area contributed by atoms with Crippen LogP contribution in [-0.4, -0.2) is 27.2 Å². The average Bonchev–Trinajstić information content (AvgIpc) is 2.69. The number of aromatic amines is 1. The molecule has 6 heteroatoms. The molecule has 0 aliphatic heterocycles. The molecule has 140 valence electrons. The largest absolute Gasteiger partial charge is 0.355 e. The summed E-state index contributed by atoms with van der Waals surface area (Å²) in [5.74, 6) is 2.32. The summed E-state index contributed by atoms with van der Waals surface area (Å²) in [4.78, 5) is 23.8. The van der Waals surface area contributed by atoms with Gasteiger partial charge >= 0.3 is 0 Å². The van der Waals surface area contributed by atoms with Crippen LogP contribution in [0.4, 0.5) is 5.95 Å². The van der Waals surface area contributed by atoms with Gasteiger partial charge in [0.05, 0.1) is 5.69 Å². The second kappa shape index (κ2) is 9.92. The quantitative estimate of drug-likeness (QED) is 0.555. The Balaban J connectivity index is 1.42. The molecule has 0 aliphatic carbocycles. The van der Waals surface area contributed by atoms with Gasteiger partial charge in [-0.3, -0.25) is 14.8 Å². The Morgan fingerprint density at radius 3 is 2.70 bits per heavy atom. The molecule has 0 unspecified atom stereocenters. The average molecular weight is 381 g/mol. The van der Waals surface area contributed by atoms with Gasteiger partial charge < -0.3 is 5.32 Å². The van der Waals surface area contributed by atoms with E-state index in [1.165, 1.54) is 11.1 Å². The van der Waals surface area contributed by atoms with E-state index in [0.29, 0.717) is 17.9 Å². The van der Waals surface area contributed by atoms with Gasteiger partial charge in [0, 0.05) is 36.0 Å². The van der Waals surface area contributed by atoms with Gasteiger partial charge in [0.15, 0.2) is 0 Å². The molecule has 0 bridgehead atoms. The zero-order valence-electron chi connectivity index (χ0n) is 15.4. The lowest BCUT2D eigenvalue weighted by molar-refractivity contribution is 0.911. The molecule has 2 heterocycles. The molecular weight excluding hydrogens is 356 g/mol. The van der Waals surface area contributed by atoms with Crippen molar-refractivity contribution in [3.63, 3.8) is 0 Å². The number of hydrogen-bond donors (Lipinski definition) is 2. The van der Waals surface area contributed by atoms with Crippen molar-refractivity contribution in [3.8, 4) is 0 Å². The van der Waals surface area contributed by atoms with Crippen LogP contribution < -0.4 is 10.9 Å². The number of H-pyrrole nitrogens is 1. The van der Waals surface area contributed by atoms with E-state index in [4.69, 9.17) is 0 Å². The van der Waals surface area contributed by atoms with Crippen LogP contribution in [0.5, 0.6) is 0 Å². The summed E-state index contributed by atoms with van der Waals surface area (Å²) in [6, 6.07) is 14.2. The van der Waals surface area contributed by atoms with Crippen LogP contribution >= 0.6 is 11.8 Å². The number of anilines is 1. The maximum absolute atomic E-state index is 12.2. The van der Waals surface area contributed by atoms with E-state index in [2.05, 4.69) is 45.4 Å². The monoisotopic (exact) mass is 380 g/mol. The topological polar surface area (TPSA) is 70.7 Å². The van der Waals surface area contributed by atoms with E-state index in [0.717, 1.165) is 30.2 Å². The SMILES string of the molecule is Cc1cccnc1CSCCNc1ncc(CCc2ccccc2)c(=O)[nH]1. The normalized spacial score (nSPS) is 10.7. The number of hydrogen-bond acceptors (Lipinski definition) is 5. The number of thioether (sulfide) groups is 1. The molecule has 2 aromatic heterocycles. The first-order chi connectivity index (χ1) is 13.2. The number of pyridine rings is 1. The van der Waals surface area contributed by atoms with E-state index >= 15 is 0 Å². The van der Waals surface area contributed by atoms with Crippen LogP contribution in [-0.2, 0) is 18.6 Å². The van der Waals surface area contributed by atoms with E-state index in [1.807, 2.05) is 42.2 Å². The fourth-order valence-electron chi connectivity index (χ4n) is 2.69. The molecule has 0 fully saturated rings. The van der Waals surface area contributed by atoms with Gasteiger partial charge in [0.25, 0.3) is 5.56 Å². The fraction of sp³-hybridized carbons (Fsp3) is 0.286. The molecule has 3 rings (SSSR count). The second-order valence-corrected chi connectivity index (χ2v) is 7.42. The van der Waals surface area contributed by atoms with Gasteiger partial charge in [-0.25, -0.2) is 4.98 Å². The molecule has 0 aliphatic rings. The fourth-order valence-corrected chi connectivity index (χ4v) is 3.58. The van der Waals surface area contributed by atoms with Gasteiger partial charge in [-0.15, -0.1) is 0 Å². The van der Waals surface area contributed by atoms with E-state index < -0.39 is 0 Å². The lowest BCUT2D eigenvalue weighted by atomic mass is 10.1. The smallest absolute Gasteiger partial charge is 0.255 e. The van der Waals surface area contributed by atoms with Gasteiger partial charge in [-0.1, -0.05) is 36.4 Å². The summed E-state index contributed by atoms with van der Waals surface area (Å²) < 4.78 is 0. The summed E-state index contributed by atoms with van der Waals surface area (Å²) in [5.41, 5.74) is 4.20. The van der Waals surface area contributed by atoms with Crippen LogP contribution in [0.15, 0.2) is 59.7 Å². The maximum atomic E-state index is 12.2. The summed E-state index contributed by atoms with van der Waals surface area (Å²) in [6.07, 6.45) is 5.03. The van der Waals surface area contributed by atoms with Crippen molar-refractivity contribution in [1.29, 1.82) is 0 Å². The minimum absolute atomic E-state index is 0.0693. The molecule has 27 heavy (non-hydrogen) atoms. The van der Waals surface area contributed by atoms with Crippen LogP contribution in [0.1, 0.15) is 22.4 Å². The molecule has 0 radical (unpaired) electrons. The van der Waals surface area contributed by atoms with E-state index in [-0.39, 0.29) is 5.56 Å². The van der Waals surface area contributed by atoms with Crippen LogP contribution in [0, 0.1) is 6.92 Å². The summed E-state index contributed by atoms with van der Waals surface area (Å²) in [7, 11) is 0. The Hall–Kier alpha value is -2.60. The van der Waals surface area contributed by atoms with Gasteiger partial charge in [0.1, 0.15) is 0 Å². The van der Waals surface area contributed by atoms with Crippen LogP contribution in [0.3, 0.4) is 0 Å².